The van der Waals surface area contributed by atoms with E-state index in [0.717, 1.165) is 18.4 Å². The topological polar surface area (TPSA) is 112 Å². The van der Waals surface area contributed by atoms with Gasteiger partial charge in [-0.25, -0.2) is 17.9 Å². The van der Waals surface area contributed by atoms with Gasteiger partial charge in [0, 0.05) is 39.3 Å². The van der Waals surface area contributed by atoms with Gasteiger partial charge in [0.25, 0.3) is 0 Å². The third kappa shape index (κ3) is 8.28. The van der Waals surface area contributed by atoms with Gasteiger partial charge in [0.2, 0.25) is 10.0 Å². The molecule has 1 aromatic rings. The monoisotopic (exact) mass is 425 g/mol. The lowest BCUT2D eigenvalue weighted by Crippen LogP contribution is -2.50. The highest BCUT2D eigenvalue weighted by atomic mass is 32.2. The average Bonchev–Trinajstić information content (AvgIpc) is 2.73. The minimum atomic E-state index is -3.39. The molecular formula is C19H31N5O4S. The Morgan fingerprint density at radius 1 is 1.24 bits per heavy atom. The van der Waals surface area contributed by atoms with E-state index in [1.807, 2.05) is 30.3 Å². The highest BCUT2D eigenvalue weighted by Gasteiger charge is 2.24. The summed E-state index contributed by atoms with van der Waals surface area (Å²) in [4.78, 5) is 17.6. The second-order valence-electron chi connectivity index (χ2n) is 6.73. The molecule has 29 heavy (non-hydrogen) atoms. The molecule has 0 aliphatic carbocycles. The lowest BCUT2D eigenvalue weighted by Gasteiger charge is -2.32. The zero-order valence-corrected chi connectivity index (χ0v) is 17.9. The summed E-state index contributed by atoms with van der Waals surface area (Å²) in [5.41, 5.74) is 0.913. The molecule has 1 saturated heterocycles. The zero-order chi connectivity index (χ0) is 21.1. The van der Waals surface area contributed by atoms with Crippen LogP contribution < -0.4 is 15.4 Å². The van der Waals surface area contributed by atoms with Crippen LogP contribution in [-0.2, 0) is 21.3 Å². The predicted molar refractivity (Wildman–Crippen MR) is 113 cm³/mol. The van der Waals surface area contributed by atoms with Gasteiger partial charge in [0.05, 0.1) is 12.4 Å². The van der Waals surface area contributed by atoms with Gasteiger partial charge in [0.15, 0.2) is 5.96 Å². The number of nitrogens with zero attached hydrogens (tertiary/aromatic N) is 2. The van der Waals surface area contributed by atoms with E-state index in [4.69, 9.17) is 4.74 Å². The highest BCUT2D eigenvalue weighted by Crippen LogP contribution is 2.11. The molecule has 9 nitrogen and oxygen atoms in total. The van der Waals surface area contributed by atoms with Crippen LogP contribution in [0.1, 0.15) is 25.3 Å². The average molecular weight is 426 g/mol. The smallest absolute Gasteiger partial charge is 0.409 e. The Morgan fingerprint density at radius 3 is 2.55 bits per heavy atom. The van der Waals surface area contributed by atoms with Gasteiger partial charge in [0.1, 0.15) is 0 Å². The van der Waals surface area contributed by atoms with Crippen molar-refractivity contribution in [2.45, 2.75) is 32.4 Å². The number of carbonyl (C=O) groups is 1. The number of rotatable bonds is 8. The molecule has 0 bridgehead atoms. The maximum Gasteiger partial charge on any atom is 0.409 e. The first-order valence-corrected chi connectivity index (χ1v) is 11.5. The molecule has 2 rings (SSSR count). The van der Waals surface area contributed by atoms with Crippen LogP contribution in [0.5, 0.6) is 0 Å². The summed E-state index contributed by atoms with van der Waals surface area (Å²) in [6.07, 6.45) is 1.27. The number of hydrogen-bond donors (Lipinski definition) is 3. The van der Waals surface area contributed by atoms with Crippen molar-refractivity contribution in [3.63, 3.8) is 0 Å². The number of piperidine rings is 1. The lowest BCUT2D eigenvalue weighted by atomic mass is 10.1. The fourth-order valence-electron chi connectivity index (χ4n) is 2.97. The van der Waals surface area contributed by atoms with E-state index in [0.29, 0.717) is 25.7 Å². The SMILES string of the molecule is CCOC(=O)N1CCC(NC(=NC)NCCS(=O)(=O)NCc2ccccc2)CC1. The minimum absolute atomic E-state index is 0.0537. The van der Waals surface area contributed by atoms with Crippen LogP contribution in [0.2, 0.25) is 0 Å². The summed E-state index contributed by atoms with van der Waals surface area (Å²) < 4.78 is 31.9. The van der Waals surface area contributed by atoms with E-state index in [2.05, 4.69) is 20.3 Å². The summed E-state index contributed by atoms with van der Waals surface area (Å²) in [6, 6.07) is 9.55. The Balaban J connectivity index is 1.69. The van der Waals surface area contributed by atoms with Crippen molar-refractivity contribution in [3.05, 3.63) is 35.9 Å². The van der Waals surface area contributed by atoms with Gasteiger partial charge in [-0.1, -0.05) is 30.3 Å². The standard InChI is InChI=1S/C19H31N5O4S/c1-3-28-19(25)24-12-9-17(10-13-24)23-18(20-2)21-11-14-29(26,27)22-15-16-7-5-4-6-8-16/h4-8,17,22H,3,9-15H2,1-2H3,(H2,20,21,23). The maximum atomic E-state index is 12.2. The number of benzene rings is 1. The van der Waals surface area contributed by atoms with Crippen molar-refractivity contribution in [1.29, 1.82) is 0 Å². The van der Waals surface area contributed by atoms with E-state index in [1.54, 1.807) is 18.9 Å². The maximum absolute atomic E-state index is 12.2. The molecule has 0 aromatic heterocycles. The van der Waals surface area contributed by atoms with Crippen LogP contribution in [0.3, 0.4) is 0 Å². The number of hydrogen-bond acceptors (Lipinski definition) is 5. The molecule has 0 atom stereocenters. The molecule has 1 heterocycles. The van der Waals surface area contributed by atoms with Crippen molar-refractivity contribution in [1.82, 2.24) is 20.3 Å². The van der Waals surface area contributed by atoms with Crippen LogP contribution in [-0.4, -0.2) is 70.5 Å². The van der Waals surface area contributed by atoms with Crippen molar-refractivity contribution in [3.8, 4) is 0 Å². The van der Waals surface area contributed by atoms with Gasteiger partial charge >= 0.3 is 6.09 Å². The molecule has 0 radical (unpaired) electrons. The number of nitrogens with one attached hydrogen (secondary N) is 3. The van der Waals surface area contributed by atoms with Crippen molar-refractivity contribution < 1.29 is 17.9 Å². The third-order valence-electron chi connectivity index (χ3n) is 4.59. The summed E-state index contributed by atoms with van der Waals surface area (Å²) in [6.45, 7) is 3.91. The molecule has 162 valence electrons. The van der Waals surface area contributed by atoms with Crippen molar-refractivity contribution >= 4 is 22.1 Å². The van der Waals surface area contributed by atoms with E-state index in [-0.39, 0.29) is 31.0 Å². The molecule has 10 heteroatoms. The number of amides is 1. The Morgan fingerprint density at radius 2 is 1.93 bits per heavy atom. The fourth-order valence-corrected chi connectivity index (χ4v) is 3.88. The first kappa shape index (κ1) is 23.0. The van der Waals surface area contributed by atoms with Crippen molar-refractivity contribution in [2.75, 3.05) is 39.0 Å². The van der Waals surface area contributed by atoms with Gasteiger partial charge in [-0.05, 0) is 25.3 Å². The Bertz CT molecular complexity index is 762. The molecule has 1 amide bonds. The summed E-state index contributed by atoms with van der Waals surface area (Å²) in [5.74, 6) is 0.500. The first-order valence-electron chi connectivity index (χ1n) is 9.83. The molecule has 1 aliphatic rings. The largest absolute Gasteiger partial charge is 0.450 e. The van der Waals surface area contributed by atoms with E-state index in [9.17, 15) is 13.2 Å². The van der Waals surface area contributed by atoms with Gasteiger partial charge in [-0.15, -0.1) is 0 Å². The number of aliphatic imine (C=N–C) groups is 1. The van der Waals surface area contributed by atoms with Gasteiger partial charge < -0.3 is 20.3 Å². The normalized spacial score (nSPS) is 15.8. The molecule has 0 unspecified atom stereocenters. The molecular weight excluding hydrogens is 394 g/mol. The second-order valence-corrected chi connectivity index (χ2v) is 8.66. The highest BCUT2D eigenvalue weighted by molar-refractivity contribution is 7.89. The van der Waals surface area contributed by atoms with E-state index >= 15 is 0 Å². The molecule has 3 N–H and O–H groups in total. The summed E-state index contributed by atoms with van der Waals surface area (Å²) in [5, 5.41) is 6.33. The number of sulfonamides is 1. The van der Waals surface area contributed by atoms with Gasteiger partial charge in [-0.3, -0.25) is 4.99 Å². The summed E-state index contributed by atoms with van der Waals surface area (Å²) in [7, 11) is -1.75. The number of carbonyl (C=O) groups excluding carboxylic acids is 1. The predicted octanol–water partition coefficient (Wildman–Crippen LogP) is 0.892. The van der Waals surface area contributed by atoms with Gasteiger partial charge in [-0.2, -0.15) is 0 Å². The third-order valence-corrected chi connectivity index (χ3v) is 5.91. The van der Waals surface area contributed by atoms with Crippen LogP contribution in [0.25, 0.3) is 0 Å². The molecule has 1 aromatic carbocycles. The van der Waals surface area contributed by atoms with Crippen LogP contribution in [0.15, 0.2) is 35.3 Å². The van der Waals surface area contributed by atoms with E-state index in [1.165, 1.54) is 0 Å². The Labute approximate surface area is 173 Å². The zero-order valence-electron chi connectivity index (χ0n) is 17.1. The number of ether oxygens (including phenoxy) is 1. The first-order chi connectivity index (χ1) is 13.9. The Kier molecular flexibility index (Phi) is 9.20. The molecule has 0 saturated carbocycles. The lowest BCUT2D eigenvalue weighted by molar-refractivity contribution is 0.0963. The minimum Gasteiger partial charge on any atom is -0.450 e. The van der Waals surface area contributed by atoms with Crippen LogP contribution >= 0.6 is 0 Å². The number of likely N-dealkylation sites (tertiary alicyclic amines) is 1. The fraction of sp³-hybridized carbons (Fsp3) is 0.579. The Hall–Kier alpha value is -2.33. The second kappa shape index (κ2) is 11.6. The van der Waals surface area contributed by atoms with Crippen LogP contribution in [0, 0.1) is 0 Å². The van der Waals surface area contributed by atoms with Crippen LogP contribution in [0.4, 0.5) is 4.79 Å². The molecule has 1 fully saturated rings. The van der Waals surface area contributed by atoms with Crippen molar-refractivity contribution in [2.24, 2.45) is 4.99 Å². The molecule has 0 spiro atoms. The summed E-state index contributed by atoms with van der Waals surface area (Å²) >= 11 is 0. The van der Waals surface area contributed by atoms with E-state index < -0.39 is 10.0 Å². The number of guanidine groups is 1. The quantitative estimate of drug-likeness (QED) is 0.421. The molecule has 1 aliphatic heterocycles.